The number of aryl methyl sites for hydroxylation is 3. The molecule has 7 heteroatoms. The fraction of sp³-hybridized carbons (Fsp3) is 0.500. The molecule has 0 amide bonds. The van der Waals surface area contributed by atoms with E-state index in [2.05, 4.69) is 9.97 Å². The van der Waals surface area contributed by atoms with Gasteiger partial charge in [0.2, 0.25) is 0 Å². The summed E-state index contributed by atoms with van der Waals surface area (Å²) in [5.41, 5.74) is 7.42. The summed E-state index contributed by atoms with van der Waals surface area (Å²) < 4.78 is 6.73. The maximum Gasteiger partial charge on any atom is 0.360 e. The van der Waals surface area contributed by atoms with Crippen molar-refractivity contribution in [2.24, 2.45) is 0 Å². The Labute approximate surface area is 127 Å². The molecule has 6 nitrogen and oxygen atoms in total. The summed E-state index contributed by atoms with van der Waals surface area (Å²) in [5.74, 6) is 0.469. The van der Waals surface area contributed by atoms with Crippen molar-refractivity contribution in [1.82, 2.24) is 14.5 Å². The third-order valence-electron chi connectivity index (χ3n) is 3.58. The average molecular weight is 306 g/mol. The van der Waals surface area contributed by atoms with E-state index >= 15 is 0 Å². The molecule has 1 aliphatic rings. The molecule has 0 bridgehead atoms. The molecule has 2 N–H and O–H groups in total. The quantitative estimate of drug-likeness (QED) is 0.880. The molecule has 0 aromatic carbocycles. The monoisotopic (exact) mass is 306 g/mol. The summed E-state index contributed by atoms with van der Waals surface area (Å²) in [5, 5.41) is 0.792. The normalized spacial score (nSPS) is 14.0. The van der Waals surface area contributed by atoms with Gasteiger partial charge in [0.15, 0.2) is 10.8 Å². The number of fused-ring (bicyclic) bond motifs is 1. The molecule has 112 valence electrons. The van der Waals surface area contributed by atoms with E-state index in [9.17, 15) is 4.79 Å². The fourth-order valence-electron chi connectivity index (χ4n) is 2.57. The van der Waals surface area contributed by atoms with Crippen molar-refractivity contribution in [2.75, 3.05) is 12.3 Å². The van der Waals surface area contributed by atoms with Gasteiger partial charge in [0.25, 0.3) is 0 Å². The van der Waals surface area contributed by atoms with E-state index in [-0.39, 0.29) is 5.69 Å². The van der Waals surface area contributed by atoms with Crippen molar-refractivity contribution < 1.29 is 9.53 Å². The van der Waals surface area contributed by atoms with Gasteiger partial charge >= 0.3 is 5.97 Å². The van der Waals surface area contributed by atoms with Crippen molar-refractivity contribution in [2.45, 2.75) is 39.5 Å². The topological polar surface area (TPSA) is 83.0 Å². The Morgan fingerprint density at radius 2 is 2.14 bits per heavy atom. The first-order valence-corrected chi connectivity index (χ1v) is 7.94. The van der Waals surface area contributed by atoms with Crippen LogP contribution in [-0.2, 0) is 17.6 Å². The summed E-state index contributed by atoms with van der Waals surface area (Å²) in [4.78, 5) is 22.1. The first-order valence-electron chi connectivity index (χ1n) is 7.12. The number of carbonyl (C=O) groups is 1. The Hall–Kier alpha value is -1.89. The van der Waals surface area contributed by atoms with Crippen molar-refractivity contribution in [1.29, 1.82) is 0 Å². The lowest BCUT2D eigenvalue weighted by Crippen LogP contribution is -2.09. The number of nitrogen functional groups attached to an aromatic ring is 1. The zero-order chi connectivity index (χ0) is 15.0. The van der Waals surface area contributed by atoms with Crippen LogP contribution in [0, 0.1) is 6.92 Å². The number of hydrogen-bond donors (Lipinski definition) is 1. The van der Waals surface area contributed by atoms with Crippen LogP contribution in [0.15, 0.2) is 0 Å². The minimum absolute atomic E-state index is 0.169. The Morgan fingerprint density at radius 3 is 2.86 bits per heavy atom. The second-order valence-corrected chi connectivity index (χ2v) is 6.08. The number of anilines is 1. The van der Waals surface area contributed by atoms with E-state index in [4.69, 9.17) is 10.5 Å². The molecule has 1 aliphatic carbocycles. The van der Waals surface area contributed by atoms with Crippen molar-refractivity contribution in [3.63, 3.8) is 0 Å². The molecule has 0 saturated carbocycles. The van der Waals surface area contributed by atoms with Gasteiger partial charge in [-0.2, -0.15) is 0 Å². The molecule has 2 aromatic heterocycles. The summed E-state index contributed by atoms with van der Waals surface area (Å²) in [7, 11) is 0. The SMILES string of the molecule is CCOC(=O)c1nc(C)n(-c2nc3c(s2)CCCC3)c1N. The van der Waals surface area contributed by atoms with Crippen LogP contribution in [0.2, 0.25) is 0 Å². The maximum absolute atomic E-state index is 11.9. The number of nitrogens with two attached hydrogens (primary N) is 1. The summed E-state index contributed by atoms with van der Waals surface area (Å²) in [6.07, 6.45) is 4.49. The van der Waals surface area contributed by atoms with Crippen LogP contribution in [0.4, 0.5) is 5.82 Å². The maximum atomic E-state index is 11.9. The molecule has 0 unspecified atom stereocenters. The van der Waals surface area contributed by atoms with Crippen LogP contribution in [-0.4, -0.2) is 27.1 Å². The number of carbonyl (C=O) groups excluding carboxylic acids is 1. The molecule has 0 fully saturated rings. The molecule has 0 atom stereocenters. The van der Waals surface area contributed by atoms with Gasteiger partial charge in [-0.25, -0.2) is 14.8 Å². The zero-order valence-corrected chi connectivity index (χ0v) is 13.0. The lowest BCUT2D eigenvalue weighted by Gasteiger charge is -2.06. The molecule has 0 aliphatic heterocycles. The standard InChI is InChI=1S/C14H18N4O2S/c1-3-20-13(19)11-12(15)18(8(2)16-11)14-17-9-6-4-5-7-10(9)21-14/h3-7,15H2,1-2H3. The number of nitrogens with zero attached hydrogens (tertiary/aromatic N) is 3. The molecule has 2 aromatic rings. The second-order valence-electron chi connectivity index (χ2n) is 5.02. The van der Waals surface area contributed by atoms with E-state index in [1.54, 1.807) is 22.8 Å². The van der Waals surface area contributed by atoms with Crippen molar-refractivity contribution in [3.8, 4) is 5.13 Å². The van der Waals surface area contributed by atoms with E-state index in [0.29, 0.717) is 18.2 Å². The van der Waals surface area contributed by atoms with Crippen molar-refractivity contribution in [3.05, 3.63) is 22.1 Å². The zero-order valence-electron chi connectivity index (χ0n) is 12.2. The van der Waals surface area contributed by atoms with Crippen LogP contribution >= 0.6 is 11.3 Å². The highest BCUT2D eigenvalue weighted by molar-refractivity contribution is 7.14. The molecule has 0 spiro atoms. The van der Waals surface area contributed by atoms with E-state index in [0.717, 1.165) is 23.7 Å². The predicted octanol–water partition coefficient (Wildman–Crippen LogP) is 2.27. The highest BCUT2D eigenvalue weighted by Crippen LogP contribution is 2.31. The Bertz CT molecular complexity index is 666. The van der Waals surface area contributed by atoms with Gasteiger partial charge < -0.3 is 10.5 Å². The molecule has 2 heterocycles. The fourth-order valence-corrected chi connectivity index (χ4v) is 3.78. The third-order valence-corrected chi connectivity index (χ3v) is 4.72. The largest absolute Gasteiger partial charge is 0.461 e. The smallest absolute Gasteiger partial charge is 0.360 e. The third kappa shape index (κ3) is 2.42. The first-order chi connectivity index (χ1) is 10.1. The van der Waals surface area contributed by atoms with E-state index in [1.807, 2.05) is 6.92 Å². The first kappa shape index (κ1) is 14.1. The number of rotatable bonds is 3. The number of thiazole rings is 1. The van der Waals surface area contributed by atoms with Gasteiger partial charge in [-0.05, 0) is 39.5 Å². The van der Waals surface area contributed by atoms with Gasteiger partial charge in [0, 0.05) is 4.88 Å². The number of imidazole rings is 1. The minimum atomic E-state index is -0.488. The Kier molecular flexibility index (Phi) is 3.67. The molecule has 0 saturated heterocycles. The number of aromatic nitrogens is 3. The van der Waals surface area contributed by atoms with Gasteiger partial charge in [-0.3, -0.25) is 4.57 Å². The molecular formula is C14H18N4O2S. The van der Waals surface area contributed by atoms with E-state index < -0.39 is 5.97 Å². The van der Waals surface area contributed by atoms with E-state index in [1.165, 1.54) is 17.7 Å². The lowest BCUT2D eigenvalue weighted by atomic mass is 10.0. The van der Waals surface area contributed by atoms with Crippen LogP contribution in [0.1, 0.15) is 46.6 Å². The number of esters is 1. The Morgan fingerprint density at radius 1 is 1.38 bits per heavy atom. The summed E-state index contributed by atoms with van der Waals surface area (Å²) in [6.45, 7) is 3.88. The molecular weight excluding hydrogens is 288 g/mol. The minimum Gasteiger partial charge on any atom is -0.461 e. The van der Waals surface area contributed by atoms with Crippen LogP contribution in [0.5, 0.6) is 0 Å². The highest BCUT2D eigenvalue weighted by Gasteiger charge is 2.24. The summed E-state index contributed by atoms with van der Waals surface area (Å²) >= 11 is 1.63. The Balaban J connectivity index is 2.02. The predicted molar refractivity (Wildman–Crippen MR) is 81.0 cm³/mol. The van der Waals surface area contributed by atoms with Crippen LogP contribution in [0.25, 0.3) is 5.13 Å². The van der Waals surface area contributed by atoms with Gasteiger partial charge in [0.05, 0.1) is 12.3 Å². The molecule has 0 radical (unpaired) electrons. The van der Waals surface area contributed by atoms with Crippen molar-refractivity contribution >= 4 is 23.1 Å². The highest BCUT2D eigenvalue weighted by atomic mass is 32.1. The van der Waals surface area contributed by atoms with Gasteiger partial charge in [-0.15, -0.1) is 11.3 Å². The summed E-state index contributed by atoms with van der Waals surface area (Å²) in [6, 6.07) is 0. The van der Waals surface area contributed by atoms with Gasteiger partial charge in [-0.1, -0.05) is 0 Å². The molecule has 21 heavy (non-hydrogen) atoms. The number of ether oxygens (including phenoxy) is 1. The average Bonchev–Trinajstić information content (AvgIpc) is 2.99. The number of hydrogen-bond acceptors (Lipinski definition) is 6. The van der Waals surface area contributed by atoms with Crippen LogP contribution in [0.3, 0.4) is 0 Å². The molecule has 3 rings (SSSR count). The van der Waals surface area contributed by atoms with Gasteiger partial charge in [0.1, 0.15) is 11.6 Å². The lowest BCUT2D eigenvalue weighted by molar-refractivity contribution is 0.0521. The van der Waals surface area contributed by atoms with Crippen LogP contribution < -0.4 is 5.73 Å². The second kappa shape index (κ2) is 5.48.